The molecule has 1 atom stereocenters. The largest absolute Gasteiger partial charge is 0.497 e. The normalized spacial score (nSPS) is 16.6. The standard InChI is InChI=1S/C15H13F11O2/c1-10(27,8-3-5-9(28-2)6-4-8)7-11(16,17)12(18,19)13(20,21)14(22,23)15(24,25)26/h3-6,27H,7H2,1-2H3. The molecule has 0 spiro atoms. The minimum absolute atomic E-state index is 0.132. The van der Waals surface area contributed by atoms with Gasteiger partial charge in [0.1, 0.15) is 5.75 Å². The van der Waals surface area contributed by atoms with Crippen molar-refractivity contribution >= 4 is 0 Å². The van der Waals surface area contributed by atoms with Crippen molar-refractivity contribution in [2.45, 2.75) is 48.8 Å². The van der Waals surface area contributed by atoms with Crippen LogP contribution in [0.25, 0.3) is 0 Å². The predicted molar refractivity (Wildman–Crippen MR) is 73.0 cm³/mol. The second-order valence-corrected chi connectivity index (χ2v) is 6.10. The van der Waals surface area contributed by atoms with Crippen molar-refractivity contribution in [1.82, 2.24) is 0 Å². The first kappa shape index (κ1) is 24.2. The van der Waals surface area contributed by atoms with E-state index in [0.717, 1.165) is 24.3 Å². The van der Waals surface area contributed by atoms with Crippen LogP contribution < -0.4 is 4.74 Å². The van der Waals surface area contributed by atoms with Gasteiger partial charge in [-0.3, -0.25) is 0 Å². The van der Waals surface area contributed by atoms with E-state index in [9.17, 15) is 53.4 Å². The third kappa shape index (κ3) is 3.85. The summed E-state index contributed by atoms with van der Waals surface area (Å²) in [5.74, 6) is -28.1. The van der Waals surface area contributed by atoms with E-state index in [-0.39, 0.29) is 5.75 Å². The van der Waals surface area contributed by atoms with Crippen LogP contribution in [0.5, 0.6) is 5.75 Å². The molecule has 13 heteroatoms. The van der Waals surface area contributed by atoms with Gasteiger partial charge in [0.2, 0.25) is 0 Å². The number of alkyl halides is 11. The third-order valence-electron chi connectivity index (χ3n) is 3.88. The smallest absolute Gasteiger partial charge is 0.460 e. The molecule has 0 amide bonds. The first-order chi connectivity index (χ1) is 12.2. The first-order valence-electron chi connectivity index (χ1n) is 7.19. The molecular weight excluding hydrogens is 421 g/mol. The van der Waals surface area contributed by atoms with E-state index in [0.29, 0.717) is 6.92 Å². The zero-order valence-electron chi connectivity index (χ0n) is 14.0. The number of methoxy groups -OCH3 is 1. The number of hydrogen-bond donors (Lipinski definition) is 1. The molecule has 0 aliphatic heterocycles. The lowest BCUT2D eigenvalue weighted by molar-refractivity contribution is -0.424. The second kappa shape index (κ2) is 6.92. The van der Waals surface area contributed by atoms with E-state index in [4.69, 9.17) is 4.74 Å². The van der Waals surface area contributed by atoms with E-state index in [1.165, 1.54) is 7.11 Å². The molecule has 1 unspecified atom stereocenters. The summed E-state index contributed by atoms with van der Waals surface area (Å²) in [6.45, 7) is 0.471. The van der Waals surface area contributed by atoms with Crippen LogP contribution in [0.3, 0.4) is 0 Å². The number of rotatable bonds is 7. The number of ether oxygens (including phenoxy) is 1. The molecule has 0 heterocycles. The first-order valence-corrected chi connectivity index (χ1v) is 7.19. The molecule has 0 aliphatic carbocycles. The lowest BCUT2D eigenvalue weighted by Crippen LogP contribution is -2.67. The van der Waals surface area contributed by atoms with Crippen LogP contribution in [0.4, 0.5) is 48.3 Å². The van der Waals surface area contributed by atoms with Crippen molar-refractivity contribution in [1.29, 1.82) is 0 Å². The van der Waals surface area contributed by atoms with E-state index >= 15 is 0 Å². The fourth-order valence-corrected chi connectivity index (χ4v) is 2.20. The van der Waals surface area contributed by atoms with Gasteiger partial charge in [-0.15, -0.1) is 0 Å². The molecule has 2 nitrogen and oxygen atoms in total. The number of aliphatic hydroxyl groups is 1. The predicted octanol–water partition coefficient (Wildman–Crippen LogP) is 5.40. The summed E-state index contributed by atoms with van der Waals surface area (Å²) in [6, 6.07) is 3.92. The molecule has 0 aromatic heterocycles. The van der Waals surface area contributed by atoms with E-state index in [1.807, 2.05) is 0 Å². The van der Waals surface area contributed by atoms with Crippen molar-refractivity contribution in [3.05, 3.63) is 29.8 Å². The Kier molecular flexibility index (Phi) is 5.99. The molecular formula is C15H13F11O2. The van der Waals surface area contributed by atoms with Crippen LogP contribution in [0.2, 0.25) is 0 Å². The minimum Gasteiger partial charge on any atom is -0.497 e. The fourth-order valence-electron chi connectivity index (χ4n) is 2.20. The van der Waals surface area contributed by atoms with Gasteiger partial charge >= 0.3 is 29.9 Å². The van der Waals surface area contributed by atoms with Crippen molar-refractivity contribution < 1.29 is 58.1 Å². The number of hydrogen-bond acceptors (Lipinski definition) is 2. The minimum atomic E-state index is -7.50. The maximum atomic E-state index is 13.8. The highest BCUT2D eigenvalue weighted by atomic mass is 19.4. The molecule has 1 aromatic carbocycles. The number of benzene rings is 1. The maximum absolute atomic E-state index is 13.8. The molecule has 0 bridgehead atoms. The Morgan fingerprint density at radius 3 is 1.54 bits per heavy atom. The van der Waals surface area contributed by atoms with Gasteiger partial charge in [-0.05, 0) is 24.6 Å². The van der Waals surface area contributed by atoms with Gasteiger partial charge in [0.25, 0.3) is 0 Å². The third-order valence-corrected chi connectivity index (χ3v) is 3.88. The molecule has 162 valence electrons. The van der Waals surface area contributed by atoms with Gasteiger partial charge in [-0.2, -0.15) is 48.3 Å². The summed E-state index contributed by atoms with van der Waals surface area (Å²) >= 11 is 0. The molecule has 1 N–H and O–H groups in total. The van der Waals surface area contributed by atoms with Crippen LogP contribution >= 0.6 is 0 Å². The molecule has 0 saturated heterocycles. The summed E-state index contributed by atoms with van der Waals surface area (Å²) in [4.78, 5) is 0. The Morgan fingerprint density at radius 1 is 0.750 bits per heavy atom. The van der Waals surface area contributed by atoms with Crippen molar-refractivity contribution in [3.8, 4) is 5.75 Å². The Morgan fingerprint density at radius 2 is 1.18 bits per heavy atom. The zero-order chi connectivity index (χ0) is 22.4. The van der Waals surface area contributed by atoms with Gasteiger partial charge in [-0.1, -0.05) is 12.1 Å². The number of halogens is 11. The summed E-state index contributed by atoms with van der Waals surface area (Å²) in [5.41, 5.74) is -3.53. The Bertz CT molecular complexity index is 678. The fraction of sp³-hybridized carbons (Fsp3) is 0.600. The Hall–Kier alpha value is -1.79. The average molecular weight is 434 g/mol. The summed E-state index contributed by atoms with van der Waals surface area (Å²) < 4.78 is 148. The maximum Gasteiger partial charge on any atom is 0.460 e. The van der Waals surface area contributed by atoms with Crippen molar-refractivity contribution in [2.75, 3.05) is 7.11 Å². The van der Waals surface area contributed by atoms with Crippen molar-refractivity contribution in [3.63, 3.8) is 0 Å². The van der Waals surface area contributed by atoms with Crippen molar-refractivity contribution in [2.24, 2.45) is 0 Å². The zero-order valence-corrected chi connectivity index (χ0v) is 14.0. The summed E-state index contributed by atoms with van der Waals surface area (Å²) in [6.07, 6.45) is -9.81. The molecule has 0 radical (unpaired) electrons. The lowest BCUT2D eigenvalue weighted by Gasteiger charge is -2.39. The van der Waals surface area contributed by atoms with E-state index in [2.05, 4.69) is 0 Å². The SMILES string of the molecule is COc1ccc(C(C)(O)CC(F)(F)C(F)(F)C(F)(F)C(F)(F)C(F)(F)F)cc1. The van der Waals surface area contributed by atoms with Crippen LogP contribution in [0.15, 0.2) is 24.3 Å². The topological polar surface area (TPSA) is 29.5 Å². The van der Waals surface area contributed by atoms with Crippen LogP contribution in [0, 0.1) is 0 Å². The van der Waals surface area contributed by atoms with E-state index in [1.54, 1.807) is 0 Å². The van der Waals surface area contributed by atoms with Gasteiger partial charge in [-0.25, -0.2) is 0 Å². The van der Waals surface area contributed by atoms with Crippen LogP contribution in [-0.4, -0.2) is 42.1 Å². The lowest BCUT2D eigenvalue weighted by atomic mass is 9.85. The summed E-state index contributed by atoms with van der Waals surface area (Å²) in [7, 11) is 1.20. The summed E-state index contributed by atoms with van der Waals surface area (Å²) in [5, 5.41) is 9.97. The monoisotopic (exact) mass is 434 g/mol. The molecule has 0 saturated carbocycles. The van der Waals surface area contributed by atoms with Crippen LogP contribution in [0.1, 0.15) is 18.9 Å². The average Bonchev–Trinajstić information content (AvgIpc) is 2.52. The van der Waals surface area contributed by atoms with Gasteiger partial charge < -0.3 is 9.84 Å². The second-order valence-electron chi connectivity index (χ2n) is 6.10. The van der Waals surface area contributed by atoms with Gasteiger partial charge in [0.15, 0.2) is 0 Å². The molecule has 1 aromatic rings. The molecule has 28 heavy (non-hydrogen) atoms. The molecule has 0 fully saturated rings. The van der Waals surface area contributed by atoms with Crippen LogP contribution in [-0.2, 0) is 5.60 Å². The quantitative estimate of drug-likeness (QED) is 0.583. The van der Waals surface area contributed by atoms with E-state index < -0.39 is 47.5 Å². The highest BCUT2D eigenvalue weighted by Gasteiger charge is 2.87. The highest BCUT2D eigenvalue weighted by molar-refractivity contribution is 5.31. The van der Waals surface area contributed by atoms with Gasteiger partial charge in [0, 0.05) is 0 Å². The Labute approximate surface area is 150 Å². The van der Waals surface area contributed by atoms with Gasteiger partial charge in [0.05, 0.1) is 19.1 Å². The molecule has 0 aliphatic rings. The molecule has 1 rings (SSSR count). The highest BCUT2D eigenvalue weighted by Crippen LogP contribution is 2.59. The Balaban J connectivity index is 3.31.